The maximum atomic E-state index is 11.6. The molecule has 0 atom stereocenters. The second-order valence-electron chi connectivity index (χ2n) is 3.86. The van der Waals surface area contributed by atoms with Crippen molar-refractivity contribution < 1.29 is 0 Å². The van der Waals surface area contributed by atoms with Crippen LogP contribution in [-0.2, 0) is 0 Å². The van der Waals surface area contributed by atoms with Crippen molar-refractivity contribution in [1.82, 2.24) is 9.97 Å². The van der Waals surface area contributed by atoms with Crippen LogP contribution in [-0.4, -0.2) is 9.97 Å². The van der Waals surface area contributed by atoms with Crippen LogP contribution in [0.5, 0.6) is 0 Å². The molecule has 3 heteroatoms. The van der Waals surface area contributed by atoms with Gasteiger partial charge in [0.05, 0.1) is 16.7 Å². The summed E-state index contributed by atoms with van der Waals surface area (Å²) < 4.78 is 0. The third-order valence-electron chi connectivity index (χ3n) is 2.74. The van der Waals surface area contributed by atoms with Gasteiger partial charge in [0, 0.05) is 0 Å². The number of hydrogen-bond donors (Lipinski definition) is 1. The van der Waals surface area contributed by atoms with Crippen LogP contribution >= 0.6 is 0 Å². The quantitative estimate of drug-likeness (QED) is 0.579. The third-order valence-corrected chi connectivity index (χ3v) is 2.74. The fourth-order valence-electron chi connectivity index (χ4n) is 1.90. The molecule has 0 aromatic heterocycles. The molecule has 1 aromatic rings. The molecule has 0 fully saturated rings. The number of nitrogens with zero attached hydrogens (tertiary/aromatic N) is 1. The van der Waals surface area contributed by atoms with E-state index in [1.165, 1.54) is 6.07 Å². The molecule has 1 aliphatic carbocycles. The van der Waals surface area contributed by atoms with Gasteiger partial charge in [-0.1, -0.05) is 18.2 Å². The Labute approximate surface area is 92.1 Å². The molecular formula is C13H10N2O. The van der Waals surface area contributed by atoms with Crippen molar-refractivity contribution in [3.63, 3.8) is 0 Å². The van der Waals surface area contributed by atoms with E-state index in [4.69, 9.17) is 0 Å². The minimum absolute atomic E-state index is 0.0443. The zero-order valence-electron chi connectivity index (χ0n) is 8.82. The van der Waals surface area contributed by atoms with Crippen molar-refractivity contribution in [1.29, 1.82) is 0 Å². The Morgan fingerprint density at radius 3 is 2.81 bits per heavy atom. The number of aromatic nitrogens is 2. The smallest absolute Gasteiger partial charge is 0.206 e. The zero-order chi connectivity index (χ0) is 11.1. The van der Waals surface area contributed by atoms with Crippen molar-refractivity contribution in [2.45, 2.75) is 6.92 Å². The standard InChI is InChI=1S/C13H10N2O/c1-8-4-2-5-9-12(8)14-10-6-3-7-11(16)13(10)15-9/h2-7,14H,1H3. The van der Waals surface area contributed by atoms with Gasteiger partial charge in [-0.2, -0.15) is 0 Å². The van der Waals surface area contributed by atoms with E-state index in [1.807, 2.05) is 31.2 Å². The average molecular weight is 210 g/mol. The van der Waals surface area contributed by atoms with Gasteiger partial charge in [0.25, 0.3) is 0 Å². The average Bonchev–Trinajstić information content (AvgIpc) is 2.29. The lowest BCUT2D eigenvalue weighted by Gasteiger charge is -2.07. The maximum Gasteiger partial charge on any atom is 0.206 e. The minimum Gasteiger partial charge on any atom is -0.352 e. The fraction of sp³-hybridized carbons (Fsp3) is 0.0769. The van der Waals surface area contributed by atoms with E-state index in [-0.39, 0.29) is 5.43 Å². The molecule has 0 radical (unpaired) electrons. The van der Waals surface area contributed by atoms with E-state index in [9.17, 15) is 4.79 Å². The van der Waals surface area contributed by atoms with E-state index in [1.54, 1.807) is 6.07 Å². The summed E-state index contributed by atoms with van der Waals surface area (Å²) in [7, 11) is 0. The molecule has 2 aliphatic rings. The van der Waals surface area contributed by atoms with Gasteiger partial charge in [-0.25, -0.2) is 4.98 Å². The van der Waals surface area contributed by atoms with Crippen LogP contribution < -0.4 is 5.43 Å². The molecule has 16 heavy (non-hydrogen) atoms. The molecule has 0 spiro atoms. The van der Waals surface area contributed by atoms with Gasteiger partial charge in [0.1, 0.15) is 5.69 Å². The van der Waals surface area contributed by atoms with Crippen LogP contribution in [0.25, 0.3) is 22.4 Å². The van der Waals surface area contributed by atoms with Gasteiger partial charge >= 0.3 is 0 Å². The van der Waals surface area contributed by atoms with Gasteiger partial charge in [-0.15, -0.1) is 0 Å². The largest absolute Gasteiger partial charge is 0.352 e. The van der Waals surface area contributed by atoms with Gasteiger partial charge in [-0.3, -0.25) is 4.79 Å². The highest BCUT2D eigenvalue weighted by molar-refractivity contribution is 5.81. The normalized spacial score (nSPS) is 11.1. The lowest BCUT2D eigenvalue weighted by molar-refractivity contribution is 1.24. The summed E-state index contributed by atoms with van der Waals surface area (Å²) in [5, 5.41) is 0. The number of nitrogens with one attached hydrogen (secondary N) is 1. The SMILES string of the molecule is Cc1cccc2nc3c(=O)cccc-3[nH]c12. The Balaban J connectivity index is 2.55. The summed E-state index contributed by atoms with van der Waals surface area (Å²) in [6.07, 6.45) is 0. The van der Waals surface area contributed by atoms with Crippen molar-refractivity contribution in [2.75, 3.05) is 0 Å². The van der Waals surface area contributed by atoms with E-state index >= 15 is 0 Å². The number of hydrogen-bond acceptors (Lipinski definition) is 2. The first-order valence-corrected chi connectivity index (χ1v) is 5.14. The van der Waals surface area contributed by atoms with Crippen LogP contribution in [0.2, 0.25) is 0 Å². The van der Waals surface area contributed by atoms with Crippen LogP contribution in [0, 0.1) is 6.92 Å². The summed E-state index contributed by atoms with van der Waals surface area (Å²) in [4.78, 5) is 19.3. The number of benzene rings is 2. The maximum absolute atomic E-state index is 11.6. The second-order valence-corrected chi connectivity index (χ2v) is 3.86. The molecule has 0 unspecified atom stereocenters. The van der Waals surface area contributed by atoms with Crippen molar-refractivity contribution >= 4 is 11.0 Å². The zero-order valence-corrected chi connectivity index (χ0v) is 8.82. The van der Waals surface area contributed by atoms with E-state index in [0.717, 1.165) is 22.3 Å². The Morgan fingerprint density at radius 1 is 1.12 bits per heavy atom. The van der Waals surface area contributed by atoms with Crippen LogP contribution in [0.1, 0.15) is 5.56 Å². The summed E-state index contributed by atoms with van der Waals surface area (Å²) in [5.74, 6) is 0. The lowest BCUT2D eigenvalue weighted by atomic mass is 10.1. The molecule has 0 saturated carbocycles. The van der Waals surface area contributed by atoms with Crippen molar-refractivity contribution in [3.8, 4) is 11.4 Å². The predicted molar refractivity (Wildman–Crippen MR) is 63.7 cm³/mol. The molecule has 0 bridgehead atoms. The Hall–Kier alpha value is -2.16. The van der Waals surface area contributed by atoms with E-state index < -0.39 is 0 Å². The molecule has 0 amide bonds. The predicted octanol–water partition coefficient (Wildman–Crippen LogP) is 2.34. The number of H-pyrrole nitrogens is 1. The summed E-state index contributed by atoms with van der Waals surface area (Å²) in [6, 6.07) is 11.0. The van der Waals surface area contributed by atoms with Crippen LogP contribution in [0.15, 0.2) is 41.2 Å². The molecule has 1 heterocycles. The van der Waals surface area contributed by atoms with Crippen molar-refractivity contribution in [3.05, 3.63) is 52.2 Å². The molecule has 1 N–H and O–H groups in total. The first-order valence-electron chi connectivity index (χ1n) is 5.14. The molecular weight excluding hydrogens is 200 g/mol. The highest BCUT2D eigenvalue weighted by Gasteiger charge is 2.09. The number of para-hydroxylation sites is 2. The fourth-order valence-corrected chi connectivity index (χ4v) is 1.90. The summed E-state index contributed by atoms with van der Waals surface area (Å²) in [6.45, 7) is 2.02. The summed E-state index contributed by atoms with van der Waals surface area (Å²) >= 11 is 0. The summed E-state index contributed by atoms with van der Waals surface area (Å²) in [5.41, 5.74) is 4.19. The molecule has 3 rings (SSSR count). The van der Waals surface area contributed by atoms with Gasteiger partial charge in [0.2, 0.25) is 5.43 Å². The number of aromatic amines is 1. The topological polar surface area (TPSA) is 45.8 Å². The van der Waals surface area contributed by atoms with Gasteiger partial charge in [-0.05, 0) is 30.7 Å². The number of rotatable bonds is 0. The molecule has 1 aromatic carbocycles. The number of fused-ring (bicyclic) bond motifs is 2. The highest BCUT2D eigenvalue weighted by atomic mass is 16.1. The molecule has 1 aliphatic heterocycles. The Morgan fingerprint density at radius 2 is 1.94 bits per heavy atom. The van der Waals surface area contributed by atoms with Crippen molar-refractivity contribution in [2.24, 2.45) is 0 Å². The molecule has 0 saturated heterocycles. The Kier molecular flexibility index (Phi) is 1.80. The monoisotopic (exact) mass is 210 g/mol. The first-order chi connectivity index (χ1) is 7.75. The minimum atomic E-state index is -0.0443. The van der Waals surface area contributed by atoms with Gasteiger partial charge < -0.3 is 4.98 Å². The first kappa shape index (κ1) is 9.09. The molecule has 3 nitrogen and oxygen atoms in total. The van der Waals surface area contributed by atoms with Crippen LogP contribution in [0.4, 0.5) is 0 Å². The highest BCUT2D eigenvalue weighted by Crippen LogP contribution is 2.20. The third kappa shape index (κ3) is 1.21. The Bertz CT molecular complexity index is 700. The molecule has 78 valence electrons. The van der Waals surface area contributed by atoms with E-state index in [2.05, 4.69) is 9.97 Å². The van der Waals surface area contributed by atoms with Crippen LogP contribution in [0.3, 0.4) is 0 Å². The number of aryl methyl sites for hydroxylation is 1. The second kappa shape index (κ2) is 3.17. The lowest BCUT2D eigenvalue weighted by Crippen LogP contribution is -2.08. The van der Waals surface area contributed by atoms with E-state index in [0.29, 0.717) is 5.69 Å². The van der Waals surface area contributed by atoms with Gasteiger partial charge in [0.15, 0.2) is 0 Å².